The van der Waals surface area contributed by atoms with Crippen LogP contribution in [0.2, 0.25) is 0 Å². The number of aromatic nitrogens is 2. The number of amides is 1. The van der Waals surface area contributed by atoms with Gasteiger partial charge in [-0.3, -0.25) is 9.59 Å². The first-order valence-corrected chi connectivity index (χ1v) is 12.1. The van der Waals surface area contributed by atoms with Gasteiger partial charge in [0.15, 0.2) is 22.8 Å². The highest BCUT2D eigenvalue weighted by Crippen LogP contribution is 2.44. The number of anilines is 1. The Hall–Kier alpha value is -4.79. The van der Waals surface area contributed by atoms with E-state index >= 15 is 0 Å². The lowest BCUT2D eigenvalue weighted by atomic mass is 10.1. The van der Waals surface area contributed by atoms with Gasteiger partial charge in [0, 0.05) is 24.2 Å². The summed E-state index contributed by atoms with van der Waals surface area (Å²) in [5, 5.41) is 4.53. The van der Waals surface area contributed by atoms with Crippen LogP contribution in [-0.4, -0.2) is 28.5 Å². The summed E-state index contributed by atoms with van der Waals surface area (Å²) >= 11 is 0. The zero-order valence-electron chi connectivity index (χ0n) is 20.4. The summed E-state index contributed by atoms with van der Waals surface area (Å²) in [6, 6.07) is 9.23. The van der Waals surface area contributed by atoms with E-state index in [2.05, 4.69) is 19.4 Å². The van der Waals surface area contributed by atoms with E-state index < -0.39 is 30.1 Å². The molecule has 4 aromatic rings. The summed E-state index contributed by atoms with van der Waals surface area (Å²) in [6.07, 6.45) is -1.99. The third-order valence-corrected chi connectivity index (χ3v) is 6.52. The lowest BCUT2D eigenvalue weighted by Gasteiger charge is -2.21. The van der Waals surface area contributed by atoms with Gasteiger partial charge in [-0.05, 0) is 61.7 Å². The number of likely N-dealkylation sites (N-methyl/N-ethyl adjacent to an activating group) is 1. The number of halogens is 3. The monoisotopic (exact) mass is 536 g/mol. The van der Waals surface area contributed by atoms with Crippen molar-refractivity contribution in [2.75, 3.05) is 11.4 Å². The first-order valence-electron chi connectivity index (χ1n) is 12.1. The Morgan fingerprint density at radius 2 is 1.95 bits per heavy atom. The van der Waals surface area contributed by atoms with Crippen LogP contribution in [0.4, 0.5) is 24.5 Å². The van der Waals surface area contributed by atoms with E-state index in [-0.39, 0.29) is 57.6 Å². The van der Waals surface area contributed by atoms with E-state index in [0.29, 0.717) is 5.76 Å². The fourth-order valence-electron chi connectivity index (χ4n) is 4.56. The second kappa shape index (κ2) is 8.90. The average Bonchev–Trinajstić information content (AvgIpc) is 3.56. The Labute approximate surface area is 218 Å². The van der Waals surface area contributed by atoms with Gasteiger partial charge in [0.05, 0.1) is 12.0 Å². The summed E-state index contributed by atoms with van der Waals surface area (Å²) in [6.45, 7) is 8.59. The molecule has 1 aliphatic heterocycles. The quantitative estimate of drug-likeness (QED) is 0.298. The summed E-state index contributed by atoms with van der Waals surface area (Å²) in [5.74, 6) is -0.851. The Morgan fingerprint density at radius 1 is 1.18 bits per heavy atom. The molecule has 0 N–H and O–H groups in total. The van der Waals surface area contributed by atoms with E-state index in [1.54, 1.807) is 13.0 Å². The lowest BCUT2D eigenvalue weighted by molar-refractivity contribution is -0.286. The van der Waals surface area contributed by atoms with Crippen LogP contribution in [0.3, 0.4) is 0 Å². The number of nitrogens with zero attached hydrogens (tertiary/aromatic N) is 4. The zero-order chi connectivity index (χ0) is 27.5. The largest absolute Gasteiger partial charge is 0.586 e. The summed E-state index contributed by atoms with van der Waals surface area (Å²) in [4.78, 5) is 31.3. The molecule has 3 heterocycles. The highest BCUT2D eigenvalue weighted by atomic mass is 19.3. The van der Waals surface area contributed by atoms with Crippen LogP contribution >= 0.6 is 0 Å². The molecule has 0 unspecified atom stereocenters. The van der Waals surface area contributed by atoms with Crippen molar-refractivity contribution in [2.45, 2.75) is 38.5 Å². The highest BCUT2D eigenvalue weighted by Gasteiger charge is 2.43. The Morgan fingerprint density at radius 3 is 2.67 bits per heavy atom. The smallest absolute Gasteiger partial charge is 0.458 e. The predicted molar refractivity (Wildman–Crippen MR) is 133 cm³/mol. The molecule has 1 amide bonds. The van der Waals surface area contributed by atoms with Gasteiger partial charge in [-0.2, -0.15) is 5.10 Å². The molecule has 12 heteroatoms. The van der Waals surface area contributed by atoms with Crippen LogP contribution in [-0.2, 0) is 11.3 Å². The third kappa shape index (κ3) is 4.46. The highest BCUT2D eigenvalue weighted by molar-refractivity contribution is 5.94. The number of hydrogen-bond donors (Lipinski definition) is 0. The number of carbonyl (C=O) groups excluding carboxylic acids is 1. The normalized spacial score (nSPS) is 15.4. The Bertz CT molecular complexity index is 1750. The molecule has 2 aromatic carbocycles. The summed E-state index contributed by atoms with van der Waals surface area (Å²) in [5.41, 5.74) is 0.184. The van der Waals surface area contributed by atoms with Gasteiger partial charge < -0.3 is 18.8 Å². The number of benzene rings is 2. The van der Waals surface area contributed by atoms with Gasteiger partial charge in [-0.15, -0.1) is 8.78 Å². The molecule has 39 heavy (non-hydrogen) atoms. The van der Waals surface area contributed by atoms with Gasteiger partial charge in [-0.1, -0.05) is 0 Å². The molecule has 0 spiro atoms. The first-order chi connectivity index (χ1) is 18.7. The third-order valence-electron chi connectivity index (χ3n) is 6.52. The molecule has 2 aliphatic rings. The average molecular weight is 536 g/mol. The molecule has 0 radical (unpaired) electrons. The van der Waals surface area contributed by atoms with E-state index in [1.807, 2.05) is 0 Å². The Kier molecular flexibility index (Phi) is 5.60. The van der Waals surface area contributed by atoms with Crippen molar-refractivity contribution in [2.24, 2.45) is 0 Å². The molecule has 6 rings (SSSR count). The van der Waals surface area contributed by atoms with E-state index in [1.165, 1.54) is 35.2 Å². The number of fused-ring (bicyclic) bond motifs is 2. The maximum Gasteiger partial charge on any atom is 0.586 e. The van der Waals surface area contributed by atoms with Crippen LogP contribution in [0.1, 0.15) is 31.4 Å². The maximum absolute atomic E-state index is 14.3. The lowest BCUT2D eigenvalue weighted by Crippen LogP contribution is -2.37. The molecule has 0 bridgehead atoms. The number of alkyl halides is 2. The molecule has 198 valence electrons. The number of carbonyl (C=O) groups is 1. The van der Waals surface area contributed by atoms with E-state index in [9.17, 15) is 22.8 Å². The number of hydrogen-bond acceptors (Lipinski definition) is 6. The van der Waals surface area contributed by atoms with Crippen LogP contribution in [0.25, 0.3) is 27.1 Å². The summed E-state index contributed by atoms with van der Waals surface area (Å²) in [7, 11) is 0. The minimum atomic E-state index is -3.81. The molecule has 2 aromatic heterocycles. The molecular weight excluding hydrogens is 517 g/mol. The minimum absolute atomic E-state index is 0.0355. The molecule has 1 aliphatic carbocycles. The zero-order valence-corrected chi connectivity index (χ0v) is 20.4. The SMILES string of the molecule is [C-]#[N+]c1cc(F)cc(-c2nn(CC(=O)N(CC)c3ccc4c(c3)OC(F)(F)O4)c(=O)c3cc(C4CC4)oc23)c1. The second-order valence-electron chi connectivity index (χ2n) is 9.22. The fraction of sp³-hybridized carbons (Fsp3) is 0.259. The second-order valence-corrected chi connectivity index (χ2v) is 9.22. The predicted octanol–water partition coefficient (Wildman–Crippen LogP) is 5.60. The first kappa shape index (κ1) is 24.5. The van der Waals surface area contributed by atoms with Crippen molar-refractivity contribution in [3.8, 4) is 22.8 Å². The fourth-order valence-corrected chi connectivity index (χ4v) is 4.56. The number of furan rings is 1. The van der Waals surface area contributed by atoms with Crippen LogP contribution in [0.15, 0.2) is 51.7 Å². The van der Waals surface area contributed by atoms with Gasteiger partial charge in [0.25, 0.3) is 5.56 Å². The molecule has 1 saturated carbocycles. The van der Waals surface area contributed by atoms with Crippen molar-refractivity contribution < 1.29 is 31.9 Å². The molecule has 0 saturated heterocycles. The van der Waals surface area contributed by atoms with Crippen LogP contribution in [0, 0.1) is 12.4 Å². The van der Waals surface area contributed by atoms with Gasteiger partial charge in [0.1, 0.15) is 23.8 Å². The van der Waals surface area contributed by atoms with Crippen molar-refractivity contribution in [3.05, 3.63) is 75.8 Å². The number of rotatable bonds is 6. The minimum Gasteiger partial charge on any atom is -0.458 e. The van der Waals surface area contributed by atoms with Gasteiger partial charge in [0.2, 0.25) is 5.91 Å². The topological polar surface area (TPSA) is 91.2 Å². The molecule has 9 nitrogen and oxygen atoms in total. The molecular formula is C27H19F3N4O5. The van der Waals surface area contributed by atoms with E-state index in [4.69, 9.17) is 11.0 Å². The molecule has 1 fully saturated rings. The van der Waals surface area contributed by atoms with Crippen molar-refractivity contribution >= 4 is 28.3 Å². The molecule has 0 atom stereocenters. The summed E-state index contributed by atoms with van der Waals surface area (Å²) < 4.78 is 57.1. The maximum atomic E-state index is 14.3. The number of ether oxygens (including phenoxy) is 2. The van der Waals surface area contributed by atoms with E-state index in [0.717, 1.165) is 23.6 Å². The Balaban J connectivity index is 1.40. The van der Waals surface area contributed by atoms with Crippen molar-refractivity contribution in [1.82, 2.24) is 9.78 Å². The van der Waals surface area contributed by atoms with Crippen molar-refractivity contribution in [1.29, 1.82) is 0 Å². The van der Waals surface area contributed by atoms with Crippen LogP contribution < -0.4 is 19.9 Å². The van der Waals surface area contributed by atoms with Gasteiger partial charge in [-0.25, -0.2) is 13.9 Å². The van der Waals surface area contributed by atoms with Crippen molar-refractivity contribution in [3.63, 3.8) is 0 Å². The van der Waals surface area contributed by atoms with Gasteiger partial charge >= 0.3 is 6.29 Å². The van der Waals surface area contributed by atoms with Crippen LogP contribution in [0.5, 0.6) is 11.5 Å². The standard InChI is InChI=1S/C27H19F3N4O5/c1-3-33(18-6-7-20-22(11-18)39-27(29,30)38-20)23(35)13-34-26(36)19-12-21(14-4-5-14)37-25(19)24(32-34)15-8-16(28)10-17(9-15)31-2/h6-12,14H,3-5,13H2,1H3.